The Hall–Kier alpha value is -2.81. The molecule has 0 aliphatic heterocycles. The molecular formula is C31H58N4O10. The van der Waals surface area contributed by atoms with Crippen molar-refractivity contribution in [1.82, 2.24) is 10.6 Å². The molecule has 0 fully saturated rings. The van der Waals surface area contributed by atoms with Gasteiger partial charge in [-0.1, -0.05) is 0 Å². The van der Waals surface area contributed by atoms with E-state index in [1.807, 2.05) is 0 Å². The van der Waals surface area contributed by atoms with E-state index in [9.17, 15) is 29.1 Å². The summed E-state index contributed by atoms with van der Waals surface area (Å²) in [5.74, 6) is -9.74. The summed E-state index contributed by atoms with van der Waals surface area (Å²) < 4.78 is 22.9. The molecule has 0 aliphatic carbocycles. The predicted octanol–water partition coefficient (Wildman–Crippen LogP) is 1.66. The molecule has 14 heteroatoms. The van der Waals surface area contributed by atoms with Crippen molar-refractivity contribution in [2.75, 3.05) is 32.7 Å². The lowest BCUT2D eigenvalue weighted by atomic mass is 9.60. The molecule has 1 unspecified atom stereocenters. The number of carboxylic acids is 1. The first-order valence-corrected chi connectivity index (χ1v) is 15.2. The van der Waals surface area contributed by atoms with Crippen molar-refractivity contribution in [3.05, 3.63) is 0 Å². The van der Waals surface area contributed by atoms with E-state index in [4.69, 9.17) is 30.4 Å². The molecule has 0 rings (SSSR count). The number of carboxylic acid groups (broad SMARTS) is 1. The first-order valence-electron chi connectivity index (χ1n) is 15.2. The Morgan fingerprint density at radius 2 is 0.933 bits per heavy atom. The van der Waals surface area contributed by atoms with Gasteiger partial charge in [0.25, 0.3) is 0 Å². The Bertz CT molecular complexity index is 977. The van der Waals surface area contributed by atoms with Crippen LogP contribution in [0.4, 0.5) is 0 Å². The van der Waals surface area contributed by atoms with Crippen molar-refractivity contribution in [1.29, 1.82) is 0 Å². The average Bonchev–Trinajstić information content (AvgIpc) is 2.79. The highest BCUT2D eigenvalue weighted by Crippen LogP contribution is 2.47. The zero-order valence-electron chi connectivity index (χ0n) is 29.3. The van der Waals surface area contributed by atoms with Crippen molar-refractivity contribution in [2.24, 2.45) is 22.8 Å². The van der Waals surface area contributed by atoms with Crippen molar-refractivity contribution in [2.45, 2.75) is 124 Å². The Morgan fingerprint density at radius 3 is 1.24 bits per heavy atom. The van der Waals surface area contributed by atoms with Crippen molar-refractivity contribution in [3.8, 4) is 0 Å². The molecule has 14 nitrogen and oxygen atoms in total. The maximum Gasteiger partial charge on any atom is 0.340 e. The first kappa shape index (κ1) is 42.2. The highest BCUT2D eigenvalue weighted by molar-refractivity contribution is 6.20. The Kier molecular flexibility index (Phi) is 15.1. The summed E-state index contributed by atoms with van der Waals surface area (Å²) in [6, 6.07) is 0. The molecule has 45 heavy (non-hydrogen) atoms. The number of nitrogens with one attached hydrogen (secondary N) is 2. The van der Waals surface area contributed by atoms with Crippen LogP contribution in [0.1, 0.15) is 95.9 Å². The lowest BCUT2D eigenvalue weighted by molar-refractivity contribution is -0.217. The molecule has 0 aromatic carbocycles. The van der Waals surface area contributed by atoms with Crippen LogP contribution in [-0.4, -0.2) is 95.6 Å². The second-order valence-electron chi connectivity index (χ2n) is 14.9. The largest absolute Gasteiger partial charge is 0.481 e. The Morgan fingerprint density at radius 1 is 0.600 bits per heavy atom. The van der Waals surface area contributed by atoms with Crippen LogP contribution in [-0.2, 0) is 42.9 Å². The van der Waals surface area contributed by atoms with E-state index in [2.05, 4.69) is 10.6 Å². The van der Waals surface area contributed by atoms with Gasteiger partial charge in [0, 0.05) is 6.54 Å². The molecule has 0 saturated heterocycles. The molecule has 0 spiro atoms. The molecular weight excluding hydrogens is 588 g/mol. The van der Waals surface area contributed by atoms with E-state index in [-0.39, 0.29) is 32.6 Å². The summed E-state index contributed by atoms with van der Waals surface area (Å²) in [7, 11) is 0. The molecule has 7 N–H and O–H groups in total. The third-order valence-electron chi connectivity index (χ3n) is 5.94. The van der Waals surface area contributed by atoms with Crippen LogP contribution in [0.5, 0.6) is 0 Å². The lowest BCUT2D eigenvalue weighted by Gasteiger charge is -2.48. The average molecular weight is 647 g/mol. The lowest BCUT2D eigenvalue weighted by Crippen LogP contribution is -2.79. The summed E-state index contributed by atoms with van der Waals surface area (Å²) in [5, 5.41) is 16.4. The topological polar surface area (TPSA) is 219 Å². The van der Waals surface area contributed by atoms with Gasteiger partial charge in [-0.05, 0) is 122 Å². The highest BCUT2D eigenvalue weighted by Gasteiger charge is 2.78. The van der Waals surface area contributed by atoms with Gasteiger partial charge < -0.3 is 40.8 Å². The molecule has 0 aromatic rings. The van der Waals surface area contributed by atoms with E-state index in [1.54, 1.807) is 0 Å². The minimum absolute atomic E-state index is 0.0700. The second-order valence-corrected chi connectivity index (χ2v) is 14.9. The highest BCUT2D eigenvalue weighted by atomic mass is 16.6. The molecule has 0 heterocycles. The van der Waals surface area contributed by atoms with Gasteiger partial charge in [-0.15, -0.1) is 0 Å². The summed E-state index contributed by atoms with van der Waals surface area (Å²) in [4.78, 5) is 72.1. The number of esters is 4. The molecule has 0 aliphatic rings. The maximum absolute atomic E-state index is 14.7. The zero-order chi connectivity index (χ0) is 35.7. The first-order chi connectivity index (χ1) is 20.2. The smallest absolute Gasteiger partial charge is 0.340 e. The van der Waals surface area contributed by atoms with Crippen LogP contribution in [0.25, 0.3) is 0 Å². The van der Waals surface area contributed by atoms with Gasteiger partial charge in [-0.25, -0.2) is 9.59 Å². The summed E-state index contributed by atoms with van der Waals surface area (Å²) in [6.45, 7) is 17.7. The number of ether oxygens (including phenoxy) is 4. The van der Waals surface area contributed by atoms with E-state index in [1.165, 1.54) is 83.1 Å². The number of carbonyl (C=O) groups excluding carboxylic acids is 4. The number of nitrogens with two attached hydrogens (primary N) is 2. The molecule has 0 amide bonds. The summed E-state index contributed by atoms with van der Waals surface area (Å²) in [6.07, 6.45) is 0.550. The number of carbonyl (C=O) groups is 5. The number of hydrogen-bond acceptors (Lipinski definition) is 13. The summed E-state index contributed by atoms with van der Waals surface area (Å²) >= 11 is 0. The third kappa shape index (κ3) is 12.1. The number of aliphatic carboxylic acids is 1. The van der Waals surface area contributed by atoms with Crippen molar-refractivity contribution < 1.29 is 48.0 Å². The molecule has 1 atom stereocenters. The second kappa shape index (κ2) is 16.1. The molecule has 0 saturated carbocycles. The summed E-state index contributed by atoms with van der Waals surface area (Å²) in [5.41, 5.74) is -0.277. The van der Waals surface area contributed by atoms with Crippen LogP contribution in [0.2, 0.25) is 0 Å². The van der Waals surface area contributed by atoms with E-state index in [0.717, 1.165) is 0 Å². The molecule has 0 radical (unpaired) electrons. The van der Waals surface area contributed by atoms with Crippen molar-refractivity contribution >= 4 is 29.8 Å². The van der Waals surface area contributed by atoms with E-state index >= 15 is 0 Å². The van der Waals surface area contributed by atoms with Gasteiger partial charge in [0.2, 0.25) is 11.0 Å². The van der Waals surface area contributed by atoms with Crippen LogP contribution in [0.3, 0.4) is 0 Å². The van der Waals surface area contributed by atoms with E-state index < -0.39 is 75.7 Å². The minimum Gasteiger partial charge on any atom is -0.481 e. The predicted molar refractivity (Wildman–Crippen MR) is 168 cm³/mol. The fraction of sp³-hybridized carbons (Fsp3) is 0.839. The standard InChI is InChI=1S/C31H58N4O10/c1-26(2,3)42-22(38)30(23(39)43-27(4,5)6,20(21(36)37)19-34-17-13-15-32)31(35-18-14-16-33,24(40)44-28(7,8)9)25(41)45-29(10,11)12/h20,34-35H,13-19,32-33H2,1-12H3,(H,36,37). The zero-order valence-corrected chi connectivity index (χ0v) is 29.3. The van der Waals surface area contributed by atoms with Gasteiger partial charge in [0.1, 0.15) is 22.4 Å². The van der Waals surface area contributed by atoms with Crippen LogP contribution in [0.15, 0.2) is 0 Å². The van der Waals surface area contributed by atoms with Gasteiger partial charge in [0.05, 0.1) is 5.92 Å². The van der Waals surface area contributed by atoms with Gasteiger partial charge in [-0.2, -0.15) is 0 Å². The van der Waals surface area contributed by atoms with Gasteiger partial charge >= 0.3 is 29.8 Å². The Balaban J connectivity index is 8.65. The number of hydrogen-bond donors (Lipinski definition) is 5. The monoisotopic (exact) mass is 646 g/mol. The van der Waals surface area contributed by atoms with E-state index in [0.29, 0.717) is 6.42 Å². The molecule has 0 bridgehead atoms. The molecule has 0 aromatic heterocycles. The minimum atomic E-state index is -3.26. The fourth-order valence-electron chi connectivity index (χ4n) is 4.33. The van der Waals surface area contributed by atoms with Crippen molar-refractivity contribution in [3.63, 3.8) is 0 Å². The van der Waals surface area contributed by atoms with Gasteiger partial charge in [0.15, 0.2) is 0 Å². The van der Waals surface area contributed by atoms with Crippen LogP contribution >= 0.6 is 0 Å². The maximum atomic E-state index is 14.7. The third-order valence-corrected chi connectivity index (χ3v) is 5.94. The normalized spacial score (nSPS) is 13.9. The van der Waals surface area contributed by atoms with Gasteiger partial charge in [-0.3, -0.25) is 19.7 Å². The SMILES string of the molecule is CC(C)(C)OC(=O)C(NCCCN)(C(=O)OC(C)(C)C)C(C(=O)OC(C)(C)C)(C(=O)OC(C)(C)C)C(CNCCCN)C(=O)O. The quantitative estimate of drug-likeness (QED) is 0.0697. The van der Waals surface area contributed by atoms with Crippen LogP contribution in [0, 0.1) is 11.3 Å². The van der Waals surface area contributed by atoms with Crippen LogP contribution < -0.4 is 22.1 Å². The Labute approximate surface area is 268 Å². The fourth-order valence-corrected chi connectivity index (χ4v) is 4.33. The molecule has 262 valence electrons. The number of rotatable bonds is 16.